The fourth-order valence-electron chi connectivity index (χ4n) is 11.8. The summed E-state index contributed by atoms with van der Waals surface area (Å²) in [4.78, 5) is 4.68. The molecule has 0 bridgehead atoms. The van der Waals surface area contributed by atoms with Crippen molar-refractivity contribution in [2.75, 3.05) is 9.80 Å². The largest absolute Gasteiger partial charge is 0.311 e. The van der Waals surface area contributed by atoms with E-state index in [2.05, 4.69) is 362 Å². The molecule has 2 nitrogen and oxygen atoms in total. The number of rotatable bonds is 12. The summed E-state index contributed by atoms with van der Waals surface area (Å²) in [5.74, 6) is 0. The Bertz CT molecular complexity index is 3910. The van der Waals surface area contributed by atoms with Crippen molar-refractivity contribution in [3.05, 3.63) is 374 Å². The highest BCUT2D eigenvalue weighted by Gasteiger charge is 2.46. The summed E-state index contributed by atoms with van der Waals surface area (Å²) in [6.07, 6.45) is 0. The Morgan fingerprint density at radius 3 is 0.778 bits per heavy atom. The number of hydrogen-bond acceptors (Lipinski definition) is 2. The first kappa shape index (κ1) is 50.0. The van der Waals surface area contributed by atoms with Crippen molar-refractivity contribution in [1.29, 1.82) is 0 Å². The molecular formula is C79H58N2. The van der Waals surface area contributed by atoms with Gasteiger partial charge in [0.1, 0.15) is 0 Å². The first-order valence-electron chi connectivity index (χ1n) is 27.8. The van der Waals surface area contributed by atoms with E-state index in [1.54, 1.807) is 0 Å². The molecule has 0 spiro atoms. The number of benzene rings is 13. The van der Waals surface area contributed by atoms with Crippen LogP contribution in [0.15, 0.2) is 352 Å². The highest BCUT2D eigenvalue weighted by atomic mass is 15.1. The standard InChI is InChI=1S/C43H31N.C36H27N/c1-4-15-32(16-5-1)33-27-29-37(30-28-33)44(36-20-8-3-9-21-36)38-22-14-19-35(31-38)43(34-17-6-2-7-18-34)41-25-12-10-23-39(41)40-24-11-13-26-42(40)43;1-4-10-28(11-5-1)31-16-22-34(23-17-31)37(35-24-18-32(19-25-35)29-12-6-2-7-13-29)36-26-20-33(21-27-36)30-14-8-3-9-15-30/h1-31H;1-27H. The summed E-state index contributed by atoms with van der Waals surface area (Å²) in [5, 5.41) is 0. The molecule has 0 saturated heterocycles. The van der Waals surface area contributed by atoms with Crippen LogP contribution >= 0.6 is 0 Å². The molecular weight excluding hydrogens is 977 g/mol. The van der Waals surface area contributed by atoms with E-state index >= 15 is 0 Å². The van der Waals surface area contributed by atoms with Crippen LogP contribution in [-0.2, 0) is 5.41 Å². The Hall–Kier alpha value is -10.5. The number of anilines is 6. The minimum absolute atomic E-state index is 0.440. The van der Waals surface area contributed by atoms with Gasteiger partial charge in [-0.05, 0) is 151 Å². The lowest BCUT2D eigenvalue weighted by Crippen LogP contribution is -2.28. The Kier molecular flexibility index (Phi) is 14.1. The van der Waals surface area contributed by atoms with Gasteiger partial charge in [0.25, 0.3) is 0 Å². The number of para-hydroxylation sites is 1. The Balaban J connectivity index is 0.000000155. The molecule has 81 heavy (non-hydrogen) atoms. The number of hydrogen-bond donors (Lipinski definition) is 0. The van der Waals surface area contributed by atoms with Gasteiger partial charge < -0.3 is 9.80 Å². The van der Waals surface area contributed by atoms with Gasteiger partial charge in [-0.25, -0.2) is 0 Å². The topological polar surface area (TPSA) is 6.48 Å². The summed E-state index contributed by atoms with van der Waals surface area (Å²) in [6.45, 7) is 0. The van der Waals surface area contributed by atoms with Crippen molar-refractivity contribution in [3.63, 3.8) is 0 Å². The molecule has 0 fully saturated rings. The van der Waals surface area contributed by atoms with Crippen LogP contribution in [0.5, 0.6) is 0 Å². The van der Waals surface area contributed by atoms with Crippen LogP contribution in [0, 0.1) is 0 Å². The summed E-state index contributed by atoms with van der Waals surface area (Å²) >= 11 is 0. The van der Waals surface area contributed by atoms with Crippen LogP contribution in [0.3, 0.4) is 0 Å². The summed E-state index contributed by atoms with van der Waals surface area (Å²) < 4.78 is 0. The van der Waals surface area contributed by atoms with Gasteiger partial charge in [-0.3, -0.25) is 0 Å². The highest BCUT2D eigenvalue weighted by Crippen LogP contribution is 2.56. The molecule has 384 valence electrons. The lowest BCUT2D eigenvalue weighted by Gasteiger charge is -2.35. The Labute approximate surface area is 476 Å². The zero-order valence-electron chi connectivity index (χ0n) is 44.9. The zero-order valence-corrected chi connectivity index (χ0v) is 44.9. The monoisotopic (exact) mass is 1030 g/mol. The average molecular weight is 1040 g/mol. The molecule has 14 rings (SSSR count). The van der Waals surface area contributed by atoms with Crippen molar-refractivity contribution in [1.82, 2.24) is 0 Å². The zero-order chi connectivity index (χ0) is 54.2. The maximum Gasteiger partial charge on any atom is 0.0714 e. The van der Waals surface area contributed by atoms with Gasteiger partial charge >= 0.3 is 0 Å². The Morgan fingerprint density at radius 2 is 0.420 bits per heavy atom. The fraction of sp³-hybridized carbons (Fsp3) is 0.0127. The van der Waals surface area contributed by atoms with Crippen molar-refractivity contribution in [2.45, 2.75) is 5.41 Å². The van der Waals surface area contributed by atoms with E-state index in [1.807, 2.05) is 0 Å². The third-order valence-electron chi connectivity index (χ3n) is 15.6. The van der Waals surface area contributed by atoms with Crippen molar-refractivity contribution in [3.8, 4) is 55.6 Å². The van der Waals surface area contributed by atoms with Gasteiger partial charge in [0.05, 0.1) is 5.41 Å². The molecule has 0 unspecified atom stereocenters. The second-order valence-corrected chi connectivity index (χ2v) is 20.4. The van der Waals surface area contributed by atoms with E-state index in [-0.39, 0.29) is 0 Å². The Morgan fingerprint density at radius 1 is 0.173 bits per heavy atom. The van der Waals surface area contributed by atoms with Gasteiger partial charge in [0, 0.05) is 34.1 Å². The van der Waals surface area contributed by atoms with Crippen LogP contribution in [-0.4, -0.2) is 0 Å². The van der Waals surface area contributed by atoms with E-state index in [0.717, 1.165) is 34.1 Å². The third kappa shape index (κ3) is 10.0. The maximum absolute atomic E-state index is 2.39. The minimum atomic E-state index is -0.440. The van der Waals surface area contributed by atoms with Crippen LogP contribution in [0.2, 0.25) is 0 Å². The van der Waals surface area contributed by atoms with Crippen LogP contribution in [0.1, 0.15) is 22.3 Å². The molecule has 0 aromatic heterocycles. The SMILES string of the molecule is c1ccc(-c2ccc(N(c3ccc(-c4ccccc4)cc3)c3ccc(-c4ccccc4)cc3)cc2)cc1.c1ccc(-c2ccc(N(c3ccccc3)c3cccc(C4(c5ccccc5)c5ccccc5-c5ccccc54)c3)cc2)cc1. The van der Waals surface area contributed by atoms with Gasteiger partial charge in [-0.2, -0.15) is 0 Å². The molecule has 0 atom stereocenters. The lowest BCUT2D eigenvalue weighted by atomic mass is 9.67. The second-order valence-electron chi connectivity index (χ2n) is 20.4. The van der Waals surface area contributed by atoms with E-state index in [9.17, 15) is 0 Å². The van der Waals surface area contributed by atoms with Gasteiger partial charge in [-0.1, -0.05) is 279 Å². The number of nitrogens with zero attached hydrogens (tertiary/aromatic N) is 2. The molecule has 0 aliphatic heterocycles. The molecule has 1 aliphatic rings. The lowest BCUT2D eigenvalue weighted by molar-refractivity contribution is 0.768. The van der Waals surface area contributed by atoms with E-state index in [4.69, 9.17) is 0 Å². The normalized spacial score (nSPS) is 11.8. The van der Waals surface area contributed by atoms with E-state index in [0.29, 0.717) is 0 Å². The van der Waals surface area contributed by atoms with Gasteiger partial charge in [-0.15, -0.1) is 0 Å². The second kappa shape index (κ2) is 22.8. The number of fused-ring (bicyclic) bond motifs is 3. The molecule has 13 aromatic carbocycles. The quantitative estimate of drug-likeness (QED) is 0.120. The molecule has 0 radical (unpaired) electrons. The molecule has 1 aliphatic carbocycles. The minimum Gasteiger partial charge on any atom is -0.311 e. The molecule has 0 saturated carbocycles. The predicted molar refractivity (Wildman–Crippen MR) is 341 cm³/mol. The van der Waals surface area contributed by atoms with Crippen LogP contribution in [0.4, 0.5) is 34.1 Å². The highest BCUT2D eigenvalue weighted by molar-refractivity contribution is 5.88. The first-order valence-corrected chi connectivity index (χ1v) is 27.8. The van der Waals surface area contributed by atoms with Crippen LogP contribution < -0.4 is 9.80 Å². The fourth-order valence-corrected chi connectivity index (χ4v) is 11.8. The van der Waals surface area contributed by atoms with Crippen LogP contribution in [0.25, 0.3) is 55.6 Å². The van der Waals surface area contributed by atoms with Crippen molar-refractivity contribution >= 4 is 34.1 Å². The summed E-state index contributed by atoms with van der Waals surface area (Å²) in [6, 6.07) is 126. The third-order valence-corrected chi connectivity index (χ3v) is 15.6. The predicted octanol–water partition coefficient (Wildman–Crippen LogP) is 21.3. The molecule has 2 heteroatoms. The van der Waals surface area contributed by atoms with Crippen molar-refractivity contribution in [2.24, 2.45) is 0 Å². The first-order chi connectivity index (χ1) is 40.2. The summed E-state index contributed by atoms with van der Waals surface area (Å²) in [5.41, 5.74) is 23.8. The van der Waals surface area contributed by atoms with Gasteiger partial charge in [0.2, 0.25) is 0 Å². The van der Waals surface area contributed by atoms with Crippen molar-refractivity contribution < 1.29 is 0 Å². The summed E-state index contributed by atoms with van der Waals surface area (Å²) in [7, 11) is 0. The van der Waals surface area contributed by atoms with E-state index in [1.165, 1.54) is 77.9 Å². The van der Waals surface area contributed by atoms with E-state index < -0.39 is 5.41 Å². The smallest absolute Gasteiger partial charge is 0.0714 e. The molecule has 0 amide bonds. The molecule has 0 heterocycles. The molecule has 13 aromatic rings. The maximum atomic E-state index is 2.39. The average Bonchev–Trinajstić information content (AvgIpc) is 2.59. The molecule has 0 N–H and O–H groups in total. The van der Waals surface area contributed by atoms with Gasteiger partial charge in [0.15, 0.2) is 0 Å².